The molecule has 0 saturated heterocycles. The molecule has 17 heavy (non-hydrogen) atoms. The van der Waals surface area contributed by atoms with Gasteiger partial charge in [-0.2, -0.15) is 11.3 Å². The average molecular weight is 254 g/mol. The molecule has 0 aliphatic rings. The molecule has 98 valence electrons. The van der Waals surface area contributed by atoms with E-state index in [4.69, 9.17) is 5.73 Å². The van der Waals surface area contributed by atoms with Crippen LogP contribution in [0.4, 0.5) is 0 Å². The van der Waals surface area contributed by atoms with Crippen molar-refractivity contribution in [1.82, 2.24) is 5.32 Å². The van der Waals surface area contributed by atoms with Gasteiger partial charge in [0.1, 0.15) is 0 Å². The van der Waals surface area contributed by atoms with Gasteiger partial charge in [-0.1, -0.05) is 20.8 Å². The summed E-state index contributed by atoms with van der Waals surface area (Å²) in [6, 6.07) is 0. The standard InChI is InChI=1S/C14H26N2S/c1-11-9-17-10-13(11)8-16-7-12(6-15)5-14(2,3)4/h9-10,12,16H,5-8,15H2,1-4H3. The minimum atomic E-state index is 0.365. The molecule has 0 aromatic carbocycles. The van der Waals surface area contributed by atoms with Crippen molar-refractivity contribution in [2.45, 2.75) is 40.7 Å². The number of nitrogens with two attached hydrogens (primary N) is 1. The van der Waals surface area contributed by atoms with E-state index in [0.29, 0.717) is 11.3 Å². The molecular formula is C14H26N2S. The Hall–Kier alpha value is -0.380. The van der Waals surface area contributed by atoms with Gasteiger partial charge >= 0.3 is 0 Å². The molecule has 3 N–H and O–H groups in total. The second kappa shape index (κ2) is 6.53. The van der Waals surface area contributed by atoms with Gasteiger partial charge in [-0.25, -0.2) is 0 Å². The van der Waals surface area contributed by atoms with Crippen LogP contribution in [0.5, 0.6) is 0 Å². The highest BCUT2D eigenvalue weighted by Crippen LogP contribution is 2.23. The van der Waals surface area contributed by atoms with E-state index < -0.39 is 0 Å². The molecule has 1 aromatic heterocycles. The van der Waals surface area contributed by atoms with E-state index in [-0.39, 0.29) is 0 Å². The lowest BCUT2D eigenvalue weighted by Gasteiger charge is -2.25. The van der Waals surface area contributed by atoms with Crippen LogP contribution in [0.25, 0.3) is 0 Å². The molecule has 0 fully saturated rings. The van der Waals surface area contributed by atoms with Crippen molar-refractivity contribution in [3.05, 3.63) is 21.9 Å². The molecule has 2 nitrogen and oxygen atoms in total. The molecule has 1 rings (SSSR count). The lowest BCUT2D eigenvalue weighted by atomic mass is 9.84. The summed E-state index contributed by atoms with van der Waals surface area (Å²) in [6.45, 7) is 11.8. The van der Waals surface area contributed by atoms with Crippen LogP contribution in [0, 0.1) is 18.3 Å². The van der Waals surface area contributed by atoms with Crippen molar-refractivity contribution in [3.63, 3.8) is 0 Å². The summed E-state index contributed by atoms with van der Waals surface area (Å²) in [5, 5.41) is 7.96. The Morgan fingerprint density at radius 3 is 2.53 bits per heavy atom. The maximum absolute atomic E-state index is 5.83. The number of aryl methyl sites for hydroxylation is 1. The Kier molecular flexibility index (Phi) is 5.63. The molecule has 0 saturated carbocycles. The predicted octanol–water partition coefficient (Wildman–Crippen LogP) is 3.16. The van der Waals surface area contributed by atoms with Crippen molar-refractivity contribution in [3.8, 4) is 0 Å². The molecule has 0 spiro atoms. The van der Waals surface area contributed by atoms with Crippen molar-refractivity contribution < 1.29 is 0 Å². The zero-order chi connectivity index (χ0) is 12.9. The summed E-state index contributed by atoms with van der Waals surface area (Å²) < 4.78 is 0. The number of hydrogen-bond donors (Lipinski definition) is 2. The first-order valence-electron chi connectivity index (χ1n) is 6.35. The van der Waals surface area contributed by atoms with Crippen molar-refractivity contribution in [2.24, 2.45) is 17.1 Å². The van der Waals surface area contributed by atoms with Crippen LogP contribution in [0.3, 0.4) is 0 Å². The van der Waals surface area contributed by atoms with Gasteiger partial charge in [-0.05, 0) is 59.7 Å². The Labute approximate surface area is 110 Å². The van der Waals surface area contributed by atoms with Crippen molar-refractivity contribution >= 4 is 11.3 Å². The quantitative estimate of drug-likeness (QED) is 0.818. The minimum Gasteiger partial charge on any atom is -0.330 e. The van der Waals surface area contributed by atoms with E-state index in [1.165, 1.54) is 17.5 Å². The molecular weight excluding hydrogens is 228 g/mol. The summed E-state index contributed by atoms with van der Waals surface area (Å²) >= 11 is 1.78. The van der Waals surface area contributed by atoms with Crippen LogP contribution < -0.4 is 11.1 Å². The lowest BCUT2D eigenvalue weighted by molar-refractivity contribution is 0.289. The molecule has 1 heterocycles. The molecule has 0 aliphatic heterocycles. The first-order valence-corrected chi connectivity index (χ1v) is 7.29. The zero-order valence-corrected chi connectivity index (χ0v) is 12.4. The zero-order valence-electron chi connectivity index (χ0n) is 11.5. The molecule has 0 amide bonds. The summed E-state index contributed by atoms with van der Waals surface area (Å²) in [5.74, 6) is 0.578. The third kappa shape index (κ3) is 5.66. The Morgan fingerprint density at radius 2 is 2.06 bits per heavy atom. The van der Waals surface area contributed by atoms with Crippen LogP contribution in [0.1, 0.15) is 38.3 Å². The van der Waals surface area contributed by atoms with Gasteiger partial charge in [0.15, 0.2) is 0 Å². The smallest absolute Gasteiger partial charge is 0.0216 e. The lowest BCUT2D eigenvalue weighted by Crippen LogP contribution is -2.31. The second-order valence-corrected chi connectivity index (χ2v) is 6.82. The van der Waals surface area contributed by atoms with Gasteiger partial charge in [-0.3, -0.25) is 0 Å². The van der Waals surface area contributed by atoms with E-state index in [1.54, 1.807) is 11.3 Å². The van der Waals surface area contributed by atoms with Gasteiger partial charge in [0, 0.05) is 6.54 Å². The molecule has 0 bridgehead atoms. The van der Waals surface area contributed by atoms with Crippen LogP contribution in [0.2, 0.25) is 0 Å². The van der Waals surface area contributed by atoms with Gasteiger partial charge in [0.05, 0.1) is 0 Å². The minimum absolute atomic E-state index is 0.365. The van der Waals surface area contributed by atoms with Crippen LogP contribution in [-0.4, -0.2) is 13.1 Å². The van der Waals surface area contributed by atoms with E-state index in [9.17, 15) is 0 Å². The van der Waals surface area contributed by atoms with Gasteiger partial charge in [0.25, 0.3) is 0 Å². The first kappa shape index (κ1) is 14.7. The second-order valence-electron chi connectivity index (χ2n) is 6.08. The summed E-state index contributed by atoms with van der Waals surface area (Å²) in [4.78, 5) is 0. The summed E-state index contributed by atoms with van der Waals surface area (Å²) in [5.41, 5.74) is 9.01. The molecule has 3 heteroatoms. The van der Waals surface area contributed by atoms with E-state index in [2.05, 4.69) is 43.8 Å². The fraction of sp³-hybridized carbons (Fsp3) is 0.714. The summed E-state index contributed by atoms with van der Waals surface area (Å²) in [6.07, 6.45) is 1.18. The monoisotopic (exact) mass is 254 g/mol. The third-order valence-corrected chi connectivity index (χ3v) is 3.85. The fourth-order valence-electron chi connectivity index (χ4n) is 2.08. The van der Waals surface area contributed by atoms with Crippen molar-refractivity contribution in [1.29, 1.82) is 0 Å². The number of nitrogens with one attached hydrogen (secondary N) is 1. The van der Waals surface area contributed by atoms with Gasteiger partial charge in [0.2, 0.25) is 0 Å². The highest BCUT2D eigenvalue weighted by molar-refractivity contribution is 7.08. The SMILES string of the molecule is Cc1cscc1CNCC(CN)CC(C)(C)C. The predicted molar refractivity (Wildman–Crippen MR) is 77.4 cm³/mol. The number of hydrogen-bond acceptors (Lipinski definition) is 3. The number of thiophene rings is 1. The first-order chi connectivity index (χ1) is 7.92. The molecule has 1 unspecified atom stereocenters. The van der Waals surface area contributed by atoms with Crippen LogP contribution in [-0.2, 0) is 6.54 Å². The Balaban J connectivity index is 2.31. The van der Waals surface area contributed by atoms with E-state index in [0.717, 1.165) is 19.6 Å². The highest BCUT2D eigenvalue weighted by Gasteiger charge is 2.17. The molecule has 1 atom stereocenters. The molecule has 0 radical (unpaired) electrons. The molecule has 1 aromatic rings. The van der Waals surface area contributed by atoms with Crippen LogP contribution in [0.15, 0.2) is 10.8 Å². The van der Waals surface area contributed by atoms with E-state index in [1.807, 2.05) is 0 Å². The van der Waals surface area contributed by atoms with E-state index >= 15 is 0 Å². The summed E-state index contributed by atoms with van der Waals surface area (Å²) in [7, 11) is 0. The van der Waals surface area contributed by atoms with Crippen LogP contribution >= 0.6 is 11.3 Å². The fourth-order valence-corrected chi connectivity index (χ4v) is 2.94. The number of rotatable bonds is 6. The normalized spacial score (nSPS) is 13.9. The topological polar surface area (TPSA) is 38.0 Å². The Bertz CT molecular complexity index is 325. The largest absolute Gasteiger partial charge is 0.330 e. The molecule has 0 aliphatic carbocycles. The maximum Gasteiger partial charge on any atom is 0.0216 e. The van der Waals surface area contributed by atoms with Gasteiger partial charge < -0.3 is 11.1 Å². The average Bonchev–Trinajstić information content (AvgIpc) is 2.61. The van der Waals surface area contributed by atoms with Crippen molar-refractivity contribution in [2.75, 3.05) is 13.1 Å². The highest BCUT2D eigenvalue weighted by atomic mass is 32.1. The maximum atomic E-state index is 5.83. The third-order valence-electron chi connectivity index (χ3n) is 2.94. The van der Waals surface area contributed by atoms with Gasteiger partial charge in [-0.15, -0.1) is 0 Å². The Morgan fingerprint density at radius 1 is 1.35 bits per heavy atom.